The molecule has 0 heterocycles. The van der Waals surface area contributed by atoms with Gasteiger partial charge in [-0.3, -0.25) is 0 Å². The third-order valence-electron chi connectivity index (χ3n) is 5.82. The van der Waals surface area contributed by atoms with Crippen LogP contribution in [-0.4, -0.2) is 0 Å². The van der Waals surface area contributed by atoms with Crippen LogP contribution in [0.5, 0.6) is 0 Å². The predicted molar refractivity (Wildman–Crippen MR) is 125 cm³/mol. The Balaban J connectivity index is 2.19. The van der Waals surface area contributed by atoms with E-state index < -0.39 is 7.26 Å². The molecule has 0 aromatic heterocycles. The second-order valence-electron chi connectivity index (χ2n) is 7.33. The van der Waals surface area contributed by atoms with Crippen molar-refractivity contribution in [3.8, 4) is 0 Å². The van der Waals surface area contributed by atoms with Gasteiger partial charge in [-0.05, 0) is 79.9 Å². The molecule has 1 heteroatoms. The van der Waals surface area contributed by atoms with Crippen molar-refractivity contribution in [2.75, 3.05) is 0 Å². The van der Waals surface area contributed by atoms with Gasteiger partial charge < -0.3 is 0 Å². The lowest BCUT2D eigenvalue weighted by Gasteiger charge is -2.29. The van der Waals surface area contributed by atoms with E-state index in [0.29, 0.717) is 0 Å². The first kappa shape index (κ1) is 18.7. The largest absolute Gasteiger partial charge is 0.144 e. The Morgan fingerprint density at radius 1 is 0.429 bits per heavy atom. The van der Waals surface area contributed by atoms with E-state index in [4.69, 9.17) is 0 Å². The van der Waals surface area contributed by atoms with Crippen molar-refractivity contribution in [1.29, 1.82) is 0 Å². The molecule has 0 aliphatic rings. The van der Waals surface area contributed by atoms with Crippen molar-refractivity contribution >= 4 is 28.5 Å². The highest BCUT2D eigenvalue weighted by Gasteiger charge is 2.48. The molecule has 0 amide bonds. The molecular formula is C27H26P+. The first-order valence-corrected chi connectivity index (χ1v) is 11.6. The average molecular weight is 381 g/mol. The van der Waals surface area contributed by atoms with Gasteiger partial charge in [-0.2, -0.15) is 0 Å². The zero-order valence-electron chi connectivity index (χ0n) is 16.8. The van der Waals surface area contributed by atoms with Gasteiger partial charge in [-0.1, -0.05) is 60.7 Å². The van der Waals surface area contributed by atoms with Gasteiger partial charge in [0.05, 0.1) is 0 Å². The molecule has 0 bridgehead atoms. The Morgan fingerprint density at radius 2 is 0.821 bits per heavy atom. The van der Waals surface area contributed by atoms with E-state index in [2.05, 4.69) is 124 Å². The van der Waals surface area contributed by atoms with Crippen molar-refractivity contribution in [1.82, 2.24) is 0 Å². The number of benzene rings is 4. The summed E-state index contributed by atoms with van der Waals surface area (Å²) in [6.07, 6.45) is 0. The summed E-state index contributed by atoms with van der Waals surface area (Å²) in [6, 6.07) is 37.9. The fourth-order valence-electron chi connectivity index (χ4n) is 4.12. The second kappa shape index (κ2) is 7.74. The van der Waals surface area contributed by atoms with E-state index in [-0.39, 0.29) is 0 Å². The number of hydrogen-bond acceptors (Lipinski definition) is 0. The molecule has 4 aromatic carbocycles. The van der Waals surface area contributed by atoms with E-state index in [0.717, 1.165) is 0 Å². The molecule has 4 aromatic rings. The number of rotatable bonds is 4. The monoisotopic (exact) mass is 381 g/mol. The lowest BCUT2D eigenvalue weighted by molar-refractivity contribution is 1.28. The number of hydrogen-bond donors (Lipinski definition) is 0. The van der Waals surface area contributed by atoms with E-state index in [1.165, 1.54) is 37.9 Å². The summed E-state index contributed by atoms with van der Waals surface area (Å²) in [5.41, 5.74) is 4.16. The second-order valence-corrected chi connectivity index (χ2v) is 10.7. The first-order chi connectivity index (χ1) is 13.7. The zero-order chi connectivity index (χ0) is 19.6. The summed E-state index contributed by atoms with van der Waals surface area (Å²) in [5.74, 6) is 0. The van der Waals surface area contributed by atoms with Crippen LogP contribution in [0.2, 0.25) is 0 Å². The third kappa shape index (κ3) is 2.99. The maximum Gasteiger partial charge on any atom is 0.144 e. The quantitative estimate of drug-likeness (QED) is 0.425. The average Bonchev–Trinajstić information content (AvgIpc) is 2.76. The summed E-state index contributed by atoms with van der Waals surface area (Å²) < 4.78 is 0. The lowest BCUT2D eigenvalue weighted by Crippen LogP contribution is -2.39. The molecule has 0 spiro atoms. The van der Waals surface area contributed by atoms with Crippen LogP contribution in [0.4, 0.5) is 0 Å². The Labute approximate surface area is 169 Å². The Morgan fingerprint density at radius 3 is 1.21 bits per heavy atom. The van der Waals surface area contributed by atoms with Crippen molar-refractivity contribution in [2.24, 2.45) is 0 Å². The summed E-state index contributed by atoms with van der Waals surface area (Å²) in [5, 5.41) is 5.66. The van der Waals surface area contributed by atoms with Crippen LogP contribution in [0.15, 0.2) is 103 Å². The molecule has 0 saturated heterocycles. The SMILES string of the molecule is Cc1ccc([P+](c2ccccc2)(c2ccccc2)c2ccccc2)c(C)c1C. The fourth-order valence-corrected chi connectivity index (χ4v) is 8.68. The molecule has 4 rings (SSSR count). The van der Waals surface area contributed by atoms with Crippen LogP contribution in [0.1, 0.15) is 16.7 Å². The molecule has 0 nitrogen and oxygen atoms in total. The van der Waals surface area contributed by atoms with Gasteiger partial charge in [-0.15, -0.1) is 0 Å². The summed E-state index contributed by atoms with van der Waals surface area (Å²) in [7, 11) is -1.99. The van der Waals surface area contributed by atoms with Crippen LogP contribution in [0, 0.1) is 20.8 Å². The van der Waals surface area contributed by atoms with Crippen molar-refractivity contribution in [3.05, 3.63) is 120 Å². The van der Waals surface area contributed by atoms with Gasteiger partial charge in [0.1, 0.15) is 28.5 Å². The molecule has 0 aliphatic heterocycles. The molecule has 138 valence electrons. The maximum absolute atomic E-state index is 2.37. The molecule has 0 radical (unpaired) electrons. The van der Waals surface area contributed by atoms with Gasteiger partial charge in [-0.25, -0.2) is 0 Å². The lowest BCUT2D eigenvalue weighted by atomic mass is 10.1. The fraction of sp³-hybridized carbons (Fsp3) is 0.111. The minimum atomic E-state index is -1.99. The molecular weight excluding hydrogens is 355 g/mol. The van der Waals surface area contributed by atoms with Crippen LogP contribution >= 0.6 is 7.26 Å². The highest BCUT2D eigenvalue weighted by Crippen LogP contribution is 2.55. The van der Waals surface area contributed by atoms with Gasteiger partial charge in [0, 0.05) is 0 Å². The van der Waals surface area contributed by atoms with Gasteiger partial charge in [0.2, 0.25) is 0 Å². The van der Waals surface area contributed by atoms with Gasteiger partial charge in [0.25, 0.3) is 0 Å². The molecule has 0 atom stereocenters. The van der Waals surface area contributed by atoms with E-state index in [1.54, 1.807) is 0 Å². The van der Waals surface area contributed by atoms with Crippen LogP contribution in [0.25, 0.3) is 0 Å². The van der Waals surface area contributed by atoms with E-state index in [9.17, 15) is 0 Å². The van der Waals surface area contributed by atoms with Crippen LogP contribution in [0.3, 0.4) is 0 Å². The van der Waals surface area contributed by atoms with Crippen molar-refractivity contribution in [3.63, 3.8) is 0 Å². The Bertz CT molecular complexity index is 971. The smallest absolute Gasteiger partial charge is 0.0620 e. The van der Waals surface area contributed by atoms with Gasteiger partial charge >= 0.3 is 0 Å². The number of aryl methyl sites for hydroxylation is 1. The highest BCUT2D eigenvalue weighted by molar-refractivity contribution is 8.01. The minimum Gasteiger partial charge on any atom is -0.0620 e. The first-order valence-electron chi connectivity index (χ1n) is 9.79. The molecule has 0 fully saturated rings. The van der Waals surface area contributed by atoms with Crippen LogP contribution < -0.4 is 21.2 Å². The van der Waals surface area contributed by atoms with Gasteiger partial charge in [0.15, 0.2) is 0 Å². The Kier molecular flexibility index (Phi) is 5.16. The maximum atomic E-state index is 2.37. The van der Waals surface area contributed by atoms with Crippen LogP contribution in [-0.2, 0) is 0 Å². The molecule has 0 unspecified atom stereocenters. The molecule has 0 saturated carbocycles. The predicted octanol–water partition coefficient (Wildman–Crippen LogP) is 5.23. The van der Waals surface area contributed by atoms with Crippen molar-refractivity contribution < 1.29 is 0 Å². The molecule has 28 heavy (non-hydrogen) atoms. The summed E-state index contributed by atoms with van der Waals surface area (Å²) in [6.45, 7) is 6.75. The highest BCUT2D eigenvalue weighted by atomic mass is 31.2. The standard InChI is InChI=1S/C27H26P/c1-21-19-20-27(23(3)22(21)2)28(24-13-7-4-8-14-24,25-15-9-5-10-16-25)26-17-11-6-12-18-26/h4-20H,1-3H3/q+1. The normalized spacial score (nSPS) is 11.4. The topological polar surface area (TPSA) is 0 Å². The molecule has 0 N–H and O–H groups in total. The molecule has 0 aliphatic carbocycles. The third-order valence-corrected chi connectivity index (χ3v) is 10.2. The summed E-state index contributed by atoms with van der Waals surface area (Å²) in [4.78, 5) is 0. The van der Waals surface area contributed by atoms with E-state index in [1.807, 2.05) is 0 Å². The minimum absolute atomic E-state index is 1.36. The van der Waals surface area contributed by atoms with Crippen molar-refractivity contribution in [2.45, 2.75) is 20.8 Å². The summed E-state index contributed by atoms with van der Waals surface area (Å²) >= 11 is 0. The Hall–Kier alpha value is -2.69. The zero-order valence-corrected chi connectivity index (χ0v) is 17.7. The van der Waals surface area contributed by atoms with E-state index >= 15 is 0 Å².